The summed E-state index contributed by atoms with van der Waals surface area (Å²) >= 11 is 0. The molecule has 2 aromatic rings. The Labute approximate surface area is 120 Å². The summed E-state index contributed by atoms with van der Waals surface area (Å²) in [4.78, 5) is 21.7. The van der Waals surface area contributed by atoms with Crippen molar-refractivity contribution in [1.82, 2.24) is 0 Å². The van der Waals surface area contributed by atoms with Gasteiger partial charge in [0.15, 0.2) is 11.5 Å². The number of carbonyl (C=O) groups excluding carboxylic acids is 1. The highest BCUT2D eigenvalue weighted by Gasteiger charge is 2.17. The monoisotopic (exact) mass is 289 g/mol. The first kappa shape index (κ1) is 14.6. The lowest BCUT2D eigenvalue weighted by Gasteiger charge is -2.07. The number of hydrogen-bond acceptors (Lipinski definition) is 4. The number of carbonyl (C=O) groups is 1. The molecule has 0 aliphatic heterocycles. The SMILES string of the molecule is CC(=O)c1ccc(OCc2ccc(F)cc2)c([N+](=O)[O-])c1. The van der Waals surface area contributed by atoms with Crippen LogP contribution >= 0.6 is 0 Å². The van der Waals surface area contributed by atoms with Crippen LogP contribution in [0, 0.1) is 15.9 Å². The van der Waals surface area contributed by atoms with Crippen molar-refractivity contribution < 1.29 is 18.8 Å². The maximum atomic E-state index is 12.8. The van der Waals surface area contributed by atoms with E-state index in [-0.39, 0.29) is 35.2 Å². The highest BCUT2D eigenvalue weighted by atomic mass is 19.1. The first-order valence-electron chi connectivity index (χ1n) is 6.14. The fourth-order valence-corrected chi connectivity index (χ4v) is 1.74. The van der Waals surface area contributed by atoms with Crippen LogP contribution in [0.25, 0.3) is 0 Å². The summed E-state index contributed by atoms with van der Waals surface area (Å²) in [6.45, 7) is 1.40. The van der Waals surface area contributed by atoms with Gasteiger partial charge >= 0.3 is 5.69 Å². The summed E-state index contributed by atoms with van der Waals surface area (Å²) in [5.74, 6) is -0.562. The lowest BCUT2D eigenvalue weighted by molar-refractivity contribution is -0.386. The zero-order valence-corrected chi connectivity index (χ0v) is 11.2. The van der Waals surface area contributed by atoms with Gasteiger partial charge in [0.2, 0.25) is 0 Å². The van der Waals surface area contributed by atoms with Crippen LogP contribution in [0.15, 0.2) is 42.5 Å². The van der Waals surface area contributed by atoms with Gasteiger partial charge in [0.25, 0.3) is 0 Å². The van der Waals surface area contributed by atoms with Gasteiger partial charge < -0.3 is 4.74 Å². The molecule has 0 spiro atoms. The molecule has 2 aromatic carbocycles. The summed E-state index contributed by atoms with van der Waals surface area (Å²) < 4.78 is 18.2. The molecule has 0 amide bonds. The first-order chi connectivity index (χ1) is 9.97. The van der Waals surface area contributed by atoms with Gasteiger partial charge in [0.1, 0.15) is 12.4 Å². The summed E-state index contributed by atoms with van der Waals surface area (Å²) in [6, 6.07) is 9.67. The minimum atomic E-state index is -0.605. The van der Waals surface area contributed by atoms with Crippen molar-refractivity contribution in [2.45, 2.75) is 13.5 Å². The van der Waals surface area contributed by atoms with E-state index >= 15 is 0 Å². The number of hydrogen-bond donors (Lipinski definition) is 0. The zero-order valence-electron chi connectivity index (χ0n) is 11.2. The van der Waals surface area contributed by atoms with Crippen LogP contribution in [0.3, 0.4) is 0 Å². The average Bonchev–Trinajstić information content (AvgIpc) is 2.46. The Morgan fingerprint density at radius 2 is 1.90 bits per heavy atom. The van der Waals surface area contributed by atoms with Crippen LogP contribution in [0.5, 0.6) is 5.75 Å². The number of nitro benzene ring substituents is 1. The predicted molar refractivity (Wildman–Crippen MR) is 73.8 cm³/mol. The third-order valence-electron chi connectivity index (χ3n) is 2.87. The molecular weight excluding hydrogens is 277 g/mol. The minimum absolute atomic E-state index is 0.0642. The lowest BCUT2D eigenvalue weighted by atomic mass is 10.1. The number of halogens is 1. The number of ether oxygens (including phenoxy) is 1. The van der Waals surface area contributed by atoms with E-state index in [1.165, 1.54) is 49.4 Å². The number of ketones is 1. The second-order valence-corrected chi connectivity index (χ2v) is 4.41. The normalized spacial score (nSPS) is 10.2. The average molecular weight is 289 g/mol. The van der Waals surface area contributed by atoms with Gasteiger partial charge in [-0.15, -0.1) is 0 Å². The van der Waals surface area contributed by atoms with Gasteiger partial charge in [-0.05, 0) is 36.8 Å². The third kappa shape index (κ3) is 3.62. The van der Waals surface area contributed by atoms with E-state index in [9.17, 15) is 19.3 Å². The molecule has 6 heteroatoms. The molecule has 0 unspecified atom stereocenters. The van der Waals surface area contributed by atoms with E-state index < -0.39 is 4.92 Å². The maximum absolute atomic E-state index is 12.8. The molecular formula is C15H12FNO4. The number of rotatable bonds is 5. The van der Waals surface area contributed by atoms with Crippen LogP contribution in [-0.4, -0.2) is 10.7 Å². The van der Waals surface area contributed by atoms with Crippen molar-refractivity contribution in [2.75, 3.05) is 0 Å². The second kappa shape index (κ2) is 6.13. The van der Waals surface area contributed by atoms with Crippen LogP contribution in [0.1, 0.15) is 22.8 Å². The molecule has 0 atom stereocenters. The van der Waals surface area contributed by atoms with E-state index in [1.54, 1.807) is 0 Å². The first-order valence-corrected chi connectivity index (χ1v) is 6.14. The van der Waals surface area contributed by atoms with Crippen LogP contribution in [0.4, 0.5) is 10.1 Å². The van der Waals surface area contributed by atoms with Gasteiger partial charge in [-0.2, -0.15) is 0 Å². The smallest absolute Gasteiger partial charge is 0.311 e. The van der Waals surface area contributed by atoms with Gasteiger partial charge in [-0.1, -0.05) is 12.1 Å². The Morgan fingerprint density at radius 3 is 2.48 bits per heavy atom. The second-order valence-electron chi connectivity index (χ2n) is 4.41. The van der Waals surface area contributed by atoms with Crippen molar-refractivity contribution in [3.05, 3.63) is 69.5 Å². The van der Waals surface area contributed by atoms with Gasteiger partial charge in [-0.25, -0.2) is 4.39 Å². The largest absolute Gasteiger partial charge is 0.482 e. The molecule has 5 nitrogen and oxygen atoms in total. The number of nitro groups is 1. The number of nitrogens with zero attached hydrogens (tertiary/aromatic N) is 1. The van der Waals surface area contributed by atoms with Crippen LogP contribution in [-0.2, 0) is 6.61 Å². The number of benzene rings is 2. The Hall–Kier alpha value is -2.76. The Kier molecular flexibility index (Phi) is 4.27. The summed E-state index contributed by atoms with van der Waals surface area (Å²) in [5.41, 5.74) is 0.655. The van der Waals surface area contributed by atoms with Crippen molar-refractivity contribution >= 4 is 11.5 Å². The molecule has 0 saturated carbocycles. The third-order valence-corrected chi connectivity index (χ3v) is 2.87. The standard InChI is InChI=1S/C15H12FNO4/c1-10(18)12-4-7-15(14(8-12)17(19)20)21-9-11-2-5-13(16)6-3-11/h2-8H,9H2,1H3. The van der Waals surface area contributed by atoms with Crippen molar-refractivity contribution in [3.8, 4) is 5.75 Å². The van der Waals surface area contributed by atoms with E-state index in [4.69, 9.17) is 4.74 Å². The molecule has 0 aliphatic rings. The van der Waals surface area contributed by atoms with E-state index in [0.29, 0.717) is 5.56 Å². The van der Waals surface area contributed by atoms with Crippen molar-refractivity contribution in [3.63, 3.8) is 0 Å². The molecule has 0 aliphatic carbocycles. The highest BCUT2D eigenvalue weighted by molar-refractivity contribution is 5.95. The molecule has 0 aromatic heterocycles. The minimum Gasteiger partial charge on any atom is -0.482 e. The molecule has 0 radical (unpaired) electrons. The summed E-state index contributed by atoms with van der Waals surface area (Å²) in [7, 11) is 0. The summed E-state index contributed by atoms with van der Waals surface area (Å²) in [5, 5.41) is 11.0. The van der Waals surface area contributed by atoms with E-state index in [0.717, 1.165) is 0 Å². The Bertz CT molecular complexity index is 683. The molecule has 0 fully saturated rings. The molecule has 0 saturated heterocycles. The molecule has 0 N–H and O–H groups in total. The highest BCUT2D eigenvalue weighted by Crippen LogP contribution is 2.28. The predicted octanol–water partition coefficient (Wildman–Crippen LogP) is 3.52. The van der Waals surface area contributed by atoms with Crippen LogP contribution < -0.4 is 4.74 Å². The topological polar surface area (TPSA) is 69.4 Å². The fraction of sp³-hybridized carbons (Fsp3) is 0.133. The zero-order chi connectivity index (χ0) is 15.4. The van der Waals surface area contributed by atoms with E-state index in [2.05, 4.69) is 0 Å². The molecule has 108 valence electrons. The van der Waals surface area contributed by atoms with Crippen molar-refractivity contribution in [2.24, 2.45) is 0 Å². The molecule has 2 rings (SSSR count). The fourth-order valence-electron chi connectivity index (χ4n) is 1.74. The Morgan fingerprint density at radius 1 is 1.24 bits per heavy atom. The van der Waals surface area contributed by atoms with Crippen molar-refractivity contribution in [1.29, 1.82) is 0 Å². The van der Waals surface area contributed by atoms with Gasteiger partial charge in [0.05, 0.1) is 4.92 Å². The lowest BCUT2D eigenvalue weighted by Crippen LogP contribution is -2.01. The molecule has 0 bridgehead atoms. The summed E-state index contributed by atoms with van der Waals surface area (Å²) in [6.07, 6.45) is 0. The van der Waals surface area contributed by atoms with Gasteiger partial charge in [-0.3, -0.25) is 14.9 Å². The van der Waals surface area contributed by atoms with E-state index in [1.807, 2.05) is 0 Å². The molecule has 0 heterocycles. The van der Waals surface area contributed by atoms with Crippen LogP contribution in [0.2, 0.25) is 0 Å². The Balaban J connectivity index is 2.21. The maximum Gasteiger partial charge on any atom is 0.311 e. The number of Topliss-reactive ketones (excluding diaryl/α,β-unsaturated/α-hetero) is 1. The van der Waals surface area contributed by atoms with Gasteiger partial charge in [0, 0.05) is 11.6 Å². The molecule has 21 heavy (non-hydrogen) atoms. The quantitative estimate of drug-likeness (QED) is 0.480.